The summed E-state index contributed by atoms with van der Waals surface area (Å²) >= 11 is 0. The Morgan fingerprint density at radius 3 is 2.36 bits per heavy atom. The highest BCUT2D eigenvalue weighted by Crippen LogP contribution is 2.43. The van der Waals surface area contributed by atoms with Crippen LogP contribution in [-0.4, -0.2) is 70.3 Å². The second-order valence-electron chi connectivity index (χ2n) is 7.60. The Labute approximate surface area is 147 Å². The number of hydroxylamine groups is 2. The van der Waals surface area contributed by atoms with Crippen LogP contribution in [0.3, 0.4) is 0 Å². The second kappa shape index (κ2) is 7.23. The van der Waals surface area contributed by atoms with Crippen molar-refractivity contribution >= 4 is 17.7 Å². The van der Waals surface area contributed by atoms with Gasteiger partial charge in [0, 0.05) is 24.2 Å². The van der Waals surface area contributed by atoms with Crippen LogP contribution in [0.2, 0.25) is 0 Å². The normalized spacial score (nSPS) is 25.0. The Kier molecular flexibility index (Phi) is 5.65. The van der Waals surface area contributed by atoms with Crippen molar-refractivity contribution in [3.05, 3.63) is 12.2 Å². The molecule has 0 aliphatic carbocycles. The van der Waals surface area contributed by atoms with Gasteiger partial charge in [0.1, 0.15) is 0 Å². The molecule has 0 aromatic rings. The molecule has 2 aliphatic rings. The number of hydrogen-bond donors (Lipinski definition) is 2. The standard InChI is InChI=1S/C17H27N3O5/c1-16(2)11-12(17(3,4)20(16)24)15(23)18-7-9-25-10-8-19-13(21)5-6-14(19)22/h5-6,12,24H,7-11H2,1-4H3,(H,18,23)/t12-/m0/s1. The molecule has 8 nitrogen and oxygen atoms in total. The molecule has 1 saturated heterocycles. The van der Waals surface area contributed by atoms with Crippen LogP contribution in [0.15, 0.2) is 12.2 Å². The molecule has 1 atom stereocenters. The van der Waals surface area contributed by atoms with Crippen molar-refractivity contribution in [2.75, 3.05) is 26.3 Å². The number of nitrogens with one attached hydrogen (secondary N) is 1. The van der Waals surface area contributed by atoms with E-state index >= 15 is 0 Å². The Bertz CT molecular complexity index is 567. The van der Waals surface area contributed by atoms with Crippen LogP contribution in [0.4, 0.5) is 0 Å². The molecule has 25 heavy (non-hydrogen) atoms. The number of nitrogens with zero attached hydrogens (tertiary/aromatic N) is 2. The van der Waals surface area contributed by atoms with Crippen molar-refractivity contribution < 1.29 is 24.3 Å². The van der Waals surface area contributed by atoms with E-state index < -0.39 is 11.1 Å². The molecule has 0 radical (unpaired) electrons. The monoisotopic (exact) mass is 353 g/mol. The molecule has 0 saturated carbocycles. The first-order chi connectivity index (χ1) is 11.6. The minimum absolute atomic E-state index is 0.118. The smallest absolute Gasteiger partial charge is 0.253 e. The fourth-order valence-electron chi connectivity index (χ4n) is 3.46. The van der Waals surface area contributed by atoms with E-state index in [1.54, 1.807) is 0 Å². The molecule has 2 heterocycles. The number of imide groups is 1. The number of ether oxygens (including phenoxy) is 1. The molecule has 0 aromatic carbocycles. The minimum atomic E-state index is -0.641. The lowest BCUT2D eigenvalue weighted by molar-refractivity contribution is -0.197. The van der Waals surface area contributed by atoms with Crippen LogP contribution in [0.1, 0.15) is 34.1 Å². The zero-order valence-electron chi connectivity index (χ0n) is 15.2. The van der Waals surface area contributed by atoms with Gasteiger partial charge in [0.05, 0.1) is 31.2 Å². The van der Waals surface area contributed by atoms with Crippen LogP contribution >= 0.6 is 0 Å². The fraction of sp³-hybridized carbons (Fsp3) is 0.706. The van der Waals surface area contributed by atoms with E-state index in [4.69, 9.17) is 4.74 Å². The number of carbonyl (C=O) groups is 3. The molecule has 3 amide bonds. The second-order valence-corrected chi connectivity index (χ2v) is 7.60. The lowest BCUT2D eigenvalue weighted by Crippen LogP contribution is -2.50. The third-order valence-corrected chi connectivity index (χ3v) is 4.90. The molecule has 0 aromatic heterocycles. The molecule has 0 spiro atoms. The van der Waals surface area contributed by atoms with Gasteiger partial charge in [-0.2, -0.15) is 5.06 Å². The van der Waals surface area contributed by atoms with E-state index in [0.29, 0.717) is 13.0 Å². The molecule has 0 unspecified atom stereocenters. The van der Waals surface area contributed by atoms with Crippen LogP contribution in [0, 0.1) is 5.92 Å². The summed E-state index contributed by atoms with van der Waals surface area (Å²) in [6.45, 7) is 8.54. The van der Waals surface area contributed by atoms with E-state index in [1.807, 2.05) is 27.7 Å². The van der Waals surface area contributed by atoms with Gasteiger partial charge in [0.25, 0.3) is 11.8 Å². The predicted molar refractivity (Wildman–Crippen MR) is 89.6 cm³/mol. The van der Waals surface area contributed by atoms with E-state index in [-0.39, 0.29) is 43.4 Å². The number of hydrogen-bond acceptors (Lipinski definition) is 6. The van der Waals surface area contributed by atoms with Gasteiger partial charge >= 0.3 is 0 Å². The third-order valence-electron chi connectivity index (χ3n) is 4.90. The van der Waals surface area contributed by atoms with Crippen LogP contribution in [0.5, 0.6) is 0 Å². The lowest BCUT2D eigenvalue weighted by atomic mass is 9.86. The Morgan fingerprint density at radius 2 is 1.84 bits per heavy atom. The predicted octanol–water partition coefficient (Wildman–Crippen LogP) is 0.313. The quantitative estimate of drug-likeness (QED) is 0.505. The lowest BCUT2D eigenvalue weighted by Gasteiger charge is -2.35. The molecule has 2 rings (SSSR count). The Balaban J connectivity index is 1.68. The highest BCUT2D eigenvalue weighted by atomic mass is 16.5. The first kappa shape index (κ1) is 19.6. The summed E-state index contributed by atoms with van der Waals surface area (Å²) in [5.41, 5.74) is -1.09. The van der Waals surface area contributed by atoms with Gasteiger partial charge in [-0.05, 0) is 34.1 Å². The molecule has 2 N–H and O–H groups in total. The molecule has 8 heteroatoms. The van der Waals surface area contributed by atoms with Gasteiger partial charge in [-0.15, -0.1) is 0 Å². The molecular weight excluding hydrogens is 326 g/mol. The maximum atomic E-state index is 12.4. The zero-order valence-corrected chi connectivity index (χ0v) is 15.2. The van der Waals surface area contributed by atoms with Gasteiger partial charge in [0.15, 0.2) is 0 Å². The fourth-order valence-corrected chi connectivity index (χ4v) is 3.46. The maximum Gasteiger partial charge on any atom is 0.253 e. The summed E-state index contributed by atoms with van der Waals surface area (Å²) in [4.78, 5) is 36.2. The average Bonchev–Trinajstić information content (AvgIpc) is 2.93. The van der Waals surface area contributed by atoms with E-state index in [1.165, 1.54) is 17.2 Å². The average molecular weight is 353 g/mol. The minimum Gasteiger partial charge on any atom is -0.378 e. The van der Waals surface area contributed by atoms with Crippen LogP contribution < -0.4 is 5.32 Å². The van der Waals surface area contributed by atoms with Crippen LogP contribution in [-0.2, 0) is 19.1 Å². The van der Waals surface area contributed by atoms with Crippen molar-refractivity contribution in [2.24, 2.45) is 5.92 Å². The summed E-state index contributed by atoms with van der Waals surface area (Å²) in [5, 5.41) is 14.3. The van der Waals surface area contributed by atoms with E-state index in [0.717, 1.165) is 4.90 Å². The van der Waals surface area contributed by atoms with Gasteiger partial charge in [-0.3, -0.25) is 19.3 Å². The molecule has 140 valence electrons. The van der Waals surface area contributed by atoms with Crippen molar-refractivity contribution in [1.29, 1.82) is 0 Å². The van der Waals surface area contributed by atoms with E-state index in [9.17, 15) is 19.6 Å². The summed E-state index contributed by atoms with van der Waals surface area (Å²) in [7, 11) is 0. The highest BCUT2D eigenvalue weighted by Gasteiger charge is 2.54. The number of carbonyl (C=O) groups excluding carboxylic acids is 3. The highest BCUT2D eigenvalue weighted by molar-refractivity contribution is 6.12. The third kappa shape index (κ3) is 4.08. The van der Waals surface area contributed by atoms with Gasteiger partial charge < -0.3 is 15.3 Å². The maximum absolute atomic E-state index is 12.4. The van der Waals surface area contributed by atoms with Crippen LogP contribution in [0.25, 0.3) is 0 Å². The van der Waals surface area contributed by atoms with Crippen molar-refractivity contribution in [3.63, 3.8) is 0 Å². The molecule has 0 bridgehead atoms. The first-order valence-corrected chi connectivity index (χ1v) is 8.45. The molecule has 1 fully saturated rings. The van der Waals surface area contributed by atoms with Crippen molar-refractivity contribution in [2.45, 2.75) is 45.2 Å². The largest absolute Gasteiger partial charge is 0.378 e. The SMILES string of the molecule is CC1(C)C[C@@H](C(=O)NCCOCCN2C(=O)C=CC2=O)C(C)(C)N1O. The number of amides is 3. The number of rotatable bonds is 7. The van der Waals surface area contributed by atoms with Gasteiger partial charge in [-0.1, -0.05) is 0 Å². The summed E-state index contributed by atoms with van der Waals surface area (Å²) in [6.07, 6.45) is 3.03. The molecule has 2 aliphatic heterocycles. The Morgan fingerprint density at radius 1 is 1.24 bits per heavy atom. The first-order valence-electron chi connectivity index (χ1n) is 8.45. The zero-order chi connectivity index (χ0) is 18.8. The summed E-state index contributed by atoms with van der Waals surface area (Å²) < 4.78 is 5.37. The Hall–Kier alpha value is -1.77. The summed E-state index contributed by atoms with van der Waals surface area (Å²) in [5.74, 6) is -1.10. The summed E-state index contributed by atoms with van der Waals surface area (Å²) in [6, 6.07) is 0. The van der Waals surface area contributed by atoms with Gasteiger partial charge in [-0.25, -0.2) is 0 Å². The van der Waals surface area contributed by atoms with Crippen molar-refractivity contribution in [1.82, 2.24) is 15.3 Å². The van der Waals surface area contributed by atoms with Gasteiger partial charge in [0.2, 0.25) is 5.91 Å². The topological polar surface area (TPSA) is 99.2 Å². The van der Waals surface area contributed by atoms with Crippen molar-refractivity contribution in [3.8, 4) is 0 Å². The van der Waals surface area contributed by atoms with E-state index in [2.05, 4.69) is 5.32 Å². The molecular formula is C17H27N3O5.